The molecule has 3 heteroatoms. The molecule has 1 aliphatic rings. The van der Waals surface area contributed by atoms with Crippen molar-refractivity contribution in [1.29, 1.82) is 0 Å². The van der Waals surface area contributed by atoms with Crippen molar-refractivity contribution in [1.82, 2.24) is 9.88 Å². The normalized spacial score (nSPS) is 19.4. The molecule has 0 amide bonds. The van der Waals surface area contributed by atoms with Crippen molar-refractivity contribution in [2.75, 3.05) is 18.9 Å². The Balaban J connectivity index is 1.77. The van der Waals surface area contributed by atoms with Crippen LogP contribution in [0.5, 0.6) is 0 Å². The minimum Gasteiger partial charge on any atom is -0.373 e. The molecule has 1 atom stereocenters. The Hall–Kier alpha value is -1.87. The van der Waals surface area contributed by atoms with Crippen LogP contribution in [0.1, 0.15) is 36.4 Å². The Bertz CT molecular complexity index is 550. The highest BCUT2D eigenvalue weighted by Crippen LogP contribution is 2.32. The van der Waals surface area contributed by atoms with E-state index in [-0.39, 0.29) is 0 Å². The summed E-state index contributed by atoms with van der Waals surface area (Å²) < 4.78 is 0. The number of hydrogen-bond acceptors (Lipinski definition) is 3. The first-order valence-electron chi connectivity index (χ1n) is 7.78. The Labute approximate surface area is 127 Å². The quantitative estimate of drug-likeness (QED) is 0.922. The van der Waals surface area contributed by atoms with Crippen LogP contribution in [0.3, 0.4) is 0 Å². The van der Waals surface area contributed by atoms with Gasteiger partial charge in [-0.15, -0.1) is 0 Å². The molecule has 1 N–H and O–H groups in total. The fourth-order valence-electron chi connectivity index (χ4n) is 3.13. The number of nitrogens with one attached hydrogen (secondary N) is 1. The number of benzene rings is 1. The van der Waals surface area contributed by atoms with Gasteiger partial charge in [0.1, 0.15) is 5.82 Å². The summed E-state index contributed by atoms with van der Waals surface area (Å²) in [6.07, 6.45) is 5.86. The third-order valence-corrected chi connectivity index (χ3v) is 4.27. The van der Waals surface area contributed by atoms with Crippen LogP contribution in [0.4, 0.5) is 5.82 Å². The molecule has 0 saturated carbocycles. The summed E-state index contributed by atoms with van der Waals surface area (Å²) in [6, 6.07) is 15.5. The van der Waals surface area contributed by atoms with Crippen LogP contribution in [0.15, 0.2) is 48.7 Å². The van der Waals surface area contributed by atoms with Crippen molar-refractivity contribution < 1.29 is 0 Å². The Kier molecular flexibility index (Phi) is 4.51. The summed E-state index contributed by atoms with van der Waals surface area (Å²) in [6.45, 7) is 2.20. The first-order chi connectivity index (χ1) is 10.4. The minimum absolute atomic E-state index is 0.498. The number of hydrogen-bond donors (Lipinski definition) is 1. The maximum atomic E-state index is 4.48. The number of nitrogens with zero attached hydrogens (tertiary/aromatic N) is 2. The van der Waals surface area contributed by atoms with Crippen LogP contribution in [-0.2, 0) is 6.54 Å². The van der Waals surface area contributed by atoms with Gasteiger partial charge in [0.2, 0.25) is 0 Å². The molecule has 2 aromatic rings. The fraction of sp³-hybridized carbons (Fsp3) is 0.389. The summed E-state index contributed by atoms with van der Waals surface area (Å²) in [4.78, 5) is 7.07. The zero-order valence-corrected chi connectivity index (χ0v) is 12.6. The van der Waals surface area contributed by atoms with Gasteiger partial charge in [-0.05, 0) is 36.6 Å². The predicted molar refractivity (Wildman–Crippen MR) is 87.2 cm³/mol. The number of rotatable bonds is 4. The second-order valence-electron chi connectivity index (χ2n) is 5.69. The summed E-state index contributed by atoms with van der Waals surface area (Å²) >= 11 is 0. The zero-order valence-electron chi connectivity index (χ0n) is 12.6. The van der Waals surface area contributed by atoms with E-state index >= 15 is 0 Å². The van der Waals surface area contributed by atoms with Crippen LogP contribution in [0, 0.1) is 0 Å². The molecule has 21 heavy (non-hydrogen) atoms. The van der Waals surface area contributed by atoms with E-state index < -0.39 is 0 Å². The third kappa shape index (κ3) is 3.42. The highest BCUT2D eigenvalue weighted by molar-refractivity contribution is 5.35. The molecular formula is C18H23N3. The number of piperidine rings is 1. The number of pyridine rings is 1. The van der Waals surface area contributed by atoms with Crippen molar-refractivity contribution in [2.24, 2.45) is 0 Å². The lowest BCUT2D eigenvalue weighted by molar-refractivity contribution is 0.140. The second-order valence-corrected chi connectivity index (χ2v) is 5.69. The molecule has 1 fully saturated rings. The molecule has 1 unspecified atom stereocenters. The Morgan fingerprint density at radius 1 is 1.14 bits per heavy atom. The third-order valence-electron chi connectivity index (χ3n) is 4.27. The van der Waals surface area contributed by atoms with Gasteiger partial charge in [0.05, 0.1) is 0 Å². The van der Waals surface area contributed by atoms with E-state index in [0.29, 0.717) is 6.04 Å². The smallest absolute Gasteiger partial charge is 0.125 e. The van der Waals surface area contributed by atoms with Gasteiger partial charge in [0.15, 0.2) is 0 Å². The molecule has 3 nitrogen and oxygen atoms in total. The van der Waals surface area contributed by atoms with Crippen molar-refractivity contribution in [3.8, 4) is 0 Å². The van der Waals surface area contributed by atoms with Gasteiger partial charge in [0, 0.05) is 25.8 Å². The molecule has 0 spiro atoms. The van der Waals surface area contributed by atoms with E-state index in [9.17, 15) is 0 Å². The van der Waals surface area contributed by atoms with E-state index in [1.807, 2.05) is 13.2 Å². The highest BCUT2D eigenvalue weighted by Gasteiger charge is 2.24. The van der Waals surface area contributed by atoms with Crippen LogP contribution in [0.25, 0.3) is 0 Å². The summed E-state index contributed by atoms with van der Waals surface area (Å²) in [7, 11) is 1.91. The van der Waals surface area contributed by atoms with Crippen molar-refractivity contribution >= 4 is 5.82 Å². The Morgan fingerprint density at radius 2 is 2.00 bits per heavy atom. The zero-order chi connectivity index (χ0) is 14.5. The van der Waals surface area contributed by atoms with Gasteiger partial charge in [0.25, 0.3) is 0 Å². The van der Waals surface area contributed by atoms with Crippen LogP contribution in [-0.4, -0.2) is 23.5 Å². The molecule has 0 bridgehead atoms. The fourth-order valence-corrected chi connectivity index (χ4v) is 3.13. The number of likely N-dealkylation sites (tertiary alicyclic amines) is 1. The molecule has 1 aliphatic heterocycles. The van der Waals surface area contributed by atoms with Crippen molar-refractivity contribution in [3.63, 3.8) is 0 Å². The first kappa shape index (κ1) is 14.1. The molecule has 0 radical (unpaired) electrons. The van der Waals surface area contributed by atoms with Crippen LogP contribution < -0.4 is 5.32 Å². The predicted octanol–water partition coefficient (Wildman–Crippen LogP) is 3.85. The highest BCUT2D eigenvalue weighted by atomic mass is 15.2. The molecule has 1 aromatic carbocycles. The van der Waals surface area contributed by atoms with Crippen molar-refractivity contribution in [3.05, 3.63) is 59.8 Å². The van der Waals surface area contributed by atoms with Gasteiger partial charge in [-0.25, -0.2) is 4.98 Å². The van der Waals surface area contributed by atoms with E-state index in [2.05, 4.69) is 57.7 Å². The molecule has 110 valence electrons. The van der Waals surface area contributed by atoms with Gasteiger partial charge in [-0.1, -0.05) is 42.8 Å². The molecule has 0 aliphatic carbocycles. The lowest BCUT2D eigenvalue weighted by atomic mass is 9.95. The minimum atomic E-state index is 0.498. The summed E-state index contributed by atoms with van der Waals surface area (Å²) in [5.74, 6) is 0.934. The number of aromatic nitrogens is 1. The molecule has 1 aromatic heterocycles. The van der Waals surface area contributed by atoms with Gasteiger partial charge >= 0.3 is 0 Å². The topological polar surface area (TPSA) is 28.2 Å². The summed E-state index contributed by atoms with van der Waals surface area (Å²) in [5, 5.41) is 3.08. The van der Waals surface area contributed by atoms with Crippen LogP contribution in [0.2, 0.25) is 0 Å². The maximum absolute atomic E-state index is 4.48. The largest absolute Gasteiger partial charge is 0.373 e. The SMILES string of the molecule is CNc1ccc(C2CCCCN2Cc2ccccc2)cn1. The van der Waals surface area contributed by atoms with Gasteiger partial charge < -0.3 is 5.32 Å². The Morgan fingerprint density at radius 3 is 2.71 bits per heavy atom. The standard InChI is InChI=1S/C18H23N3/c1-19-18-11-10-16(13-20-18)17-9-5-6-12-21(17)14-15-7-3-2-4-8-15/h2-4,7-8,10-11,13,17H,5-6,9,12,14H2,1H3,(H,19,20). The maximum Gasteiger partial charge on any atom is 0.125 e. The molecule has 2 heterocycles. The average Bonchev–Trinajstić information content (AvgIpc) is 2.56. The van der Waals surface area contributed by atoms with E-state index in [0.717, 1.165) is 12.4 Å². The number of anilines is 1. The van der Waals surface area contributed by atoms with Crippen molar-refractivity contribution in [2.45, 2.75) is 31.8 Å². The monoisotopic (exact) mass is 281 g/mol. The lowest BCUT2D eigenvalue weighted by Crippen LogP contribution is -2.33. The molecule has 1 saturated heterocycles. The summed E-state index contributed by atoms with van der Waals surface area (Å²) in [5.41, 5.74) is 2.73. The second kappa shape index (κ2) is 6.72. The van der Waals surface area contributed by atoms with E-state index in [4.69, 9.17) is 0 Å². The average molecular weight is 281 g/mol. The van der Waals surface area contributed by atoms with E-state index in [1.165, 1.54) is 36.9 Å². The lowest BCUT2D eigenvalue weighted by Gasteiger charge is -2.36. The van der Waals surface area contributed by atoms with Gasteiger partial charge in [-0.3, -0.25) is 4.90 Å². The van der Waals surface area contributed by atoms with Crippen LogP contribution >= 0.6 is 0 Å². The molecular weight excluding hydrogens is 258 g/mol. The first-order valence-corrected chi connectivity index (χ1v) is 7.78. The molecule has 3 rings (SSSR count). The van der Waals surface area contributed by atoms with Gasteiger partial charge in [-0.2, -0.15) is 0 Å². The van der Waals surface area contributed by atoms with E-state index in [1.54, 1.807) is 0 Å².